The van der Waals surface area contributed by atoms with Gasteiger partial charge in [0, 0.05) is 37.3 Å². The van der Waals surface area contributed by atoms with Crippen LogP contribution in [0.15, 0.2) is 48.7 Å². The van der Waals surface area contributed by atoms with Crippen LogP contribution in [0, 0.1) is 5.92 Å². The molecule has 1 aliphatic heterocycles. The summed E-state index contributed by atoms with van der Waals surface area (Å²) in [5.74, 6) is 1.15. The van der Waals surface area contributed by atoms with Gasteiger partial charge in [0.05, 0.1) is 17.8 Å². The number of fused-ring (bicyclic) bond motifs is 1. The smallest absolute Gasteiger partial charge is 0.224 e. The first-order chi connectivity index (χ1) is 12.3. The molecule has 0 aliphatic carbocycles. The standard InChI is InChI=1S/C19H21N5O/c1-2-20-19(25)15-9-11-23(13-15)18-12-16(14-6-4-3-5-7-14)22-17-8-10-21-24(17)18/h3-8,10,12,15H,2,9,11,13H2,1H3,(H,20,25)/t15-/m1/s1. The van der Waals surface area contributed by atoms with Crippen molar-refractivity contribution in [2.75, 3.05) is 24.5 Å². The predicted molar refractivity (Wildman–Crippen MR) is 97.4 cm³/mol. The van der Waals surface area contributed by atoms with E-state index in [1.165, 1.54) is 0 Å². The number of nitrogens with one attached hydrogen (secondary N) is 1. The first kappa shape index (κ1) is 15.6. The predicted octanol–water partition coefficient (Wildman–Crippen LogP) is 2.36. The summed E-state index contributed by atoms with van der Waals surface area (Å²) < 4.78 is 1.85. The van der Waals surface area contributed by atoms with E-state index < -0.39 is 0 Å². The number of anilines is 1. The summed E-state index contributed by atoms with van der Waals surface area (Å²) in [6, 6.07) is 14.1. The van der Waals surface area contributed by atoms with Crippen molar-refractivity contribution < 1.29 is 4.79 Å². The lowest BCUT2D eigenvalue weighted by atomic mass is 10.1. The van der Waals surface area contributed by atoms with Crippen LogP contribution in [0.4, 0.5) is 5.82 Å². The van der Waals surface area contributed by atoms with Gasteiger partial charge in [0.25, 0.3) is 0 Å². The number of hydrogen-bond donors (Lipinski definition) is 1. The lowest BCUT2D eigenvalue weighted by molar-refractivity contribution is -0.124. The fourth-order valence-corrected chi connectivity index (χ4v) is 3.38. The van der Waals surface area contributed by atoms with Crippen molar-refractivity contribution in [3.8, 4) is 11.3 Å². The maximum Gasteiger partial charge on any atom is 0.224 e. The van der Waals surface area contributed by atoms with E-state index in [0.29, 0.717) is 13.1 Å². The number of aromatic nitrogens is 3. The van der Waals surface area contributed by atoms with Crippen molar-refractivity contribution >= 4 is 17.4 Å². The minimum Gasteiger partial charge on any atom is -0.356 e. The van der Waals surface area contributed by atoms with E-state index in [-0.39, 0.29) is 11.8 Å². The highest BCUT2D eigenvalue weighted by Gasteiger charge is 2.29. The van der Waals surface area contributed by atoms with Crippen molar-refractivity contribution in [1.82, 2.24) is 19.9 Å². The van der Waals surface area contributed by atoms with E-state index in [2.05, 4.69) is 33.5 Å². The summed E-state index contributed by atoms with van der Waals surface area (Å²) in [6.07, 6.45) is 2.62. The highest BCUT2D eigenvalue weighted by atomic mass is 16.1. The average molecular weight is 335 g/mol. The second-order valence-corrected chi connectivity index (χ2v) is 6.29. The highest BCUT2D eigenvalue weighted by Crippen LogP contribution is 2.28. The molecule has 1 fully saturated rings. The van der Waals surface area contributed by atoms with Crippen molar-refractivity contribution in [2.24, 2.45) is 5.92 Å². The van der Waals surface area contributed by atoms with Crippen LogP contribution in [0.2, 0.25) is 0 Å². The van der Waals surface area contributed by atoms with Gasteiger partial charge in [0.1, 0.15) is 5.82 Å². The third-order valence-corrected chi connectivity index (χ3v) is 4.64. The fourth-order valence-electron chi connectivity index (χ4n) is 3.38. The van der Waals surface area contributed by atoms with Gasteiger partial charge in [-0.1, -0.05) is 30.3 Å². The van der Waals surface area contributed by atoms with E-state index in [1.807, 2.05) is 35.7 Å². The normalized spacial score (nSPS) is 17.2. The Balaban J connectivity index is 1.70. The second kappa shape index (κ2) is 6.55. The highest BCUT2D eigenvalue weighted by molar-refractivity contribution is 5.80. The molecule has 0 radical (unpaired) electrons. The maximum absolute atomic E-state index is 12.2. The van der Waals surface area contributed by atoms with Gasteiger partial charge in [0.15, 0.2) is 5.65 Å². The number of rotatable bonds is 4. The van der Waals surface area contributed by atoms with Crippen LogP contribution in [0.25, 0.3) is 16.9 Å². The Kier molecular flexibility index (Phi) is 4.09. The molecule has 1 N–H and O–H groups in total. The molecule has 1 amide bonds. The maximum atomic E-state index is 12.2. The van der Waals surface area contributed by atoms with Gasteiger partial charge in [-0.05, 0) is 13.3 Å². The van der Waals surface area contributed by atoms with Crippen LogP contribution >= 0.6 is 0 Å². The molecule has 1 saturated heterocycles. The van der Waals surface area contributed by atoms with Gasteiger partial charge in [-0.15, -0.1) is 0 Å². The largest absolute Gasteiger partial charge is 0.356 e. The minimum absolute atomic E-state index is 0.0268. The molecule has 25 heavy (non-hydrogen) atoms. The van der Waals surface area contributed by atoms with E-state index >= 15 is 0 Å². The van der Waals surface area contributed by atoms with Gasteiger partial charge in [-0.2, -0.15) is 9.61 Å². The Labute approximate surface area is 146 Å². The molecule has 0 bridgehead atoms. The average Bonchev–Trinajstić information content (AvgIpc) is 3.31. The molecule has 6 nitrogen and oxygen atoms in total. The van der Waals surface area contributed by atoms with Gasteiger partial charge in [0.2, 0.25) is 5.91 Å². The third kappa shape index (κ3) is 2.95. The molecule has 6 heteroatoms. The molecule has 1 aliphatic rings. The fraction of sp³-hybridized carbons (Fsp3) is 0.316. The Morgan fingerprint density at radius 2 is 2.12 bits per heavy atom. The Bertz CT molecular complexity index is 889. The number of benzene rings is 1. The quantitative estimate of drug-likeness (QED) is 0.795. The van der Waals surface area contributed by atoms with Crippen molar-refractivity contribution in [2.45, 2.75) is 13.3 Å². The van der Waals surface area contributed by atoms with Crippen LogP contribution in [0.5, 0.6) is 0 Å². The molecular weight excluding hydrogens is 314 g/mol. The van der Waals surface area contributed by atoms with Crippen LogP contribution in [-0.4, -0.2) is 40.1 Å². The van der Waals surface area contributed by atoms with Crippen LogP contribution in [0.1, 0.15) is 13.3 Å². The van der Waals surface area contributed by atoms with Gasteiger partial charge >= 0.3 is 0 Å². The summed E-state index contributed by atoms with van der Waals surface area (Å²) >= 11 is 0. The third-order valence-electron chi connectivity index (χ3n) is 4.64. The Hall–Kier alpha value is -2.89. The number of hydrogen-bond acceptors (Lipinski definition) is 4. The summed E-state index contributed by atoms with van der Waals surface area (Å²) in [4.78, 5) is 19.1. The van der Waals surface area contributed by atoms with Gasteiger partial charge in [-0.25, -0.2) is 4.98 Å². The van der Waals surface area contributed by atoms with E-state index in [1.54, 1.807) is 6.20 Å². The molecule has 0 unspecified atom stereocenters. The zero-order chi connectivity index (χ0) is 17.2. The molecule has 4 rings (SSSR count). The summed E-state index contributed by atoms with van der Waals surface area (Å²) in [5, 5.41) is 7.34. The topological polar surface area (TPSA) is 62.5 Å². The monoisotopic (exact) mass is 335 g/mol. The zero-order valence-corrected chi connectivity index (χ0v) is 14.2. The molecule has 2 aromatic heterocycles. The van der Waals surface area contributed by atoms with E-state index in [9.17, 15) is 4.79 Å². The van der Waals surface area contributed by atoms with E-state index in [0.717, 1.165) is 35.7 Å². The molecule has 1 atom stereocenters. The molecule has 3 aromatic rings. The zero-order valence-electron chi connectivity index (χ0n) is 14.2. The Morgan fingerprint density at radius 1 is 1.28 bits per heavy atom. The van der Waals surface area contributed by atoms with Crippen LogP contribution in [-0.2, 0) is 4.79 Å². The van der Waals surface area contributed by atoms with Crippen molar-refractivity contribution in [1.29, 1.82) is 0 Å². The summed E-state index contributed by atoms with van der Waals surface area (Å²) in [6.45, 7) is 4.17. The number of carbonyl (C=O) groups is 1. The summed E-state index contributed by atoms with van der Waals surface area (Å²) in [5.41, 5.74) is 2.81. The van der Waals surface area contributed by atoms with E-state index in [4.69, 9.17) is 4.98 Å². The lowest BCUT2D eigenvalue weighted by Gasteiger charge is -2.20. The first-order valence-electron chi connectivity index (χ1n) is 8.69. The number of amides is 1. The SMILES string of the molecule is CCNC(=O)[C@@H]1CCN(c2cc(-c3ccccc3)nc3ccnn23)C1. The summed E-state index contributed by atoms with van der Waals surface area (Å²) in [7, 11) is 0. The molecular formula is C19H21N5O. The van der Waals surface area contributed by atoms with Gasteiger partial charge < -0.3 is 10.2 Å². The van der Waals surface area contributed by atoms with Crippen molar-refractivity contribution in [3.63, 3.8) is 0 Å². The number of nitrogens with zero attached hydrogens (tertiary/aromatic N) is 4. The van der Waals surface area contributed by atoms with Gasteiger partial charge in [-0.3, -0.25) is 4.79 Å². The second-order valence-electron chi connectivity index (χ2n) is 6.29. The minimum atomic E-state index is 0.0268. The molecule has 128 valence electrons. The number of carbonyl (C=O) groups excluding carboxylic acids is 1. The molecule has 0 saturated carbocycles. The first-order valence-corrected chi connectivity index (χ1v) is 8.69. The molecule has 0 spiro atoms. The molecule has 1 aromatic carbocycles. The van der Waals surface area contributed by atoms with Crippen LogP contribution < -0.4 is 10.2 Å². The Morgan fingerprint density at radius 3 is 2.92 bits per heavy atom. The van der Waals surface area contributed by atoms with Crippen LogP contribution in [0.3, 0.4) is 0 Å². The lowest BCUT2D eigenvalue weighted by Crippen LogP contribution is -2.33. The molecule has 3 heterocycles. The van der Waals surface area contributed by atoms with Crippen molar-refractivity contribution in [3.05, 3.63) is 48.7 Å².